The first kappa shape index (κ1) is 24.3. The zero-order valence-electron chi connectivity index (χ0n) is 16.5. The molecule has 6 nitrogen and oxygen atoms in total. The van der Waals surface area contributed by atoms with Gasteiger partial charge < -0.3 is 25.6 Å². The second-order valence-corrected chi connectivity index (χ2v) is 9.11. The highest BCUT2D eigenvalue weighted by Crippen LogP contribution is 2.28. The average molecular weight is 577 g/mol. The van der Waals surface area contributed by atoms with E-state index < -0.39 is 18.2 Å². The quantitative estimate of drug-likeness (QED) is 0.362. The molecule has 4 N–H and O–H groups in total. The second-order valence-electron chi connectivity index (χ2n) is 7.10. The normalized spacial score (nSPS) is 20.8. The lowest BCUT2D eigenvalue weighted by molar-refractivity contribution is -0.118. The molecule has 2 aromatic rings. The van der Waals surface area contributed by atoms with E-state index in [0.717, 1.165) is 9.13 Å². The molecule has 3 atom stereocenters. The topological polar surface area (TPSA) is 90.8 Å². The van der Waals surface area contributed by atoms with Crippen molar-refractivity contribution in [3.05, 3.63) is 73.3 Å². The number of ether oxygens (including phenoxy) is 1. The summed E-state index contributed by atoms with van der Waals surface area (Å²) >= 11 is 14.4. The summed E-state index contributed by atoms with van der Waals surface area (Å²) in [7, 11) is 0. The Balaban J connectivity index is 1.79. The standard InChI is InChI=1S/C22H23Cl2IN2O4/c23-15-6-5-13(16(24)11-15)12-27-18-9-14(22(30)26-7-8-28)10-20(21(18)29)31-19-4-2-1-3-17(19)25/h1-6,10-11,18,20-21,27-29H,7-9,12H2,(H,26,30)/t18-,20+,21+/m1/s1. The van der Waals surface area contributed by atoms with E-state index in [4.69, 9.17) is 33.0 Å². The lowest BCUT2D eigenvalue weighted by atomic mass is 9.89. The maximum atomic E-state index is 12.5. The summed E-state index contributed by atoms with van der Waals surface area (Å²) in [5.74, 6) is 0.327. The minimum Gasteiger partial charge on any atom is -0.482 e. The highest BCUT2D eigenvalue weighted by molar-refractivity contribution is 14.1. The third kappa shape index (κ3) is 6.57. The van der Waals surface area contributed by atoms with E-state index >= 15 is 0 Å². The molecule has 166 valence electrons. The summed E-state index contributed by atoms with van der Waals surface area (Å²) < 4.78 is 6.96. The number of aliphatic hydroxyl groups is 2. The summed E-state index contributed by atoms with van der Waals surface area (Å²) in [5, 5.41) is 27.0. The van der Waals surface area contributed by atoms with E-state index in [9.17, 15) is 9.90 Å². The Morgan fingerprint density at radius 1 is 1.23 bits per heavy atom. The van der Waals surface area contributed by atoms with Gasteiger partial charge in [0.05, 0.1) is 10.2 Å². The van der Waals surface area contributed by atoms with Gasteiger partial charge in [0.25, 0.3) is 0 Å². The van der Waals surface area contributed by atoms with E-state index in [1.54, 1.807) is 18.2 Å². The molecular weight excluding hydrogens is 554 g/mol. The van der Waals surface area contributed by atoms with Gasteiger partial charge in [-0.1, -0.05) is 41.4 Å². The number of hydrogen-bond donors (Lipinski definition) is 4. The molecule has 1 aliphatic carbocycles. The van der Waals surface area contributed by atoms with Gasteiger partial charge in [0.15, 0.2) is 0 Å². The monoisotopic (exact) mass is 576 g/mol. The molecular formula is C22H23Cl2IN2O4. The number of carbonyl (C=O) groups excluding carboxylic acids is 1. The van der Waals surface area contributed by atoms with E-state index in [1.165, 1.54) is 0 Å². The van der Waals surface area contributed by atoms with Crippen molar-refractivity contribution < 1.29 is 19.7 Å². The maximum absolute atomic E-state index is 12.5. The van der Waals surface area contributed by atoms with Crippen LogP contribution in [0.5, 0.6) is 5.75 Å². The minimum absolute atomic E-state index is 0.152. The highest BCUT2D eigenvalue weighted by Gasteiger charge is 2.35. The van der Waals surface area contributed by atoms with Crippen LogP contribution in [0.15, 0.2) is 54.1 Å². The summed E-state index contributed by atoms with van der Waals surface area (Å²) in [6.07, 6.45) is 0.331. The Hall–Kier alpha value is -1.36. The molecule has 3 rings (SSSR count). The Bertz CT molecular complexity index is 957. The summed E-state index contributed by atoms with van der Waals surface area (Å²) in [6.45, 7) is 0.388. The predicted octanol–water partition coefficient (Wildman–Crippen LogP) is 3.30. The molecule has 1 amide bonds. The first-order chi connectivity index (χ1) is 14.9. The molecule has 0 aliphatic heterocycles. The number of carbonyl (C=O) groups is 1. The van der Waals surface area contributed by atoms with Crippen molar-refractivity contribution >= 4 is 51.7 Å². The largest absolute Gasteiger partial charge is 0.482 e. The fourth-order valence-electron chi connectivity index (χ4n) is 3.29. The lowest BCUT2D eigenvalue weighted by Gasteiger charge is -2.34. The van der Waals surface area contributed by atoms with Gasteiger partial charge in [-0.15, -0.1) is 0 Å². The number of nitrogens with one attached hydrogen (secondary N) is 2. The third-order valence-electron chi connectivity index (χ3n) is 4.91. The Morgan fingerprint density at radius 3 is 2.71 bits per heavy atom. The van der Waals surface area contributed by atoms with Crippen LogP contribution < -0.4 is 15.4 Å². The van der Waals surface area contributed by atoms with Gasteiger partial charge in [-0.25, -0.2) is 0 Å². The van der Waals surface area contributed by atoms with Gasteiger partial charge in [-0.05, 0) is 64.9 Å². The minimum atomic E-state index is -0.892. The first-order valence-corrected chi connectivity index (χ1v) is 11.6. The van der Waals surface area contributed by atoms with Crippen molar-refractivity contribution in [2.24, 2.45) is 0 Å². The Morgan fingerprint density at radius 2 is 2.00 bits per heavy atom. The molecule has 9 heteroatoms. The molecule has 0 fully saturated rings. The number of amides is 1. The molecule has 1 aliphatic rings. The molecule has 0 radical (unpaired) electrons. The zero-order valence-corrected chi connectivity index (χ0v) is 20.2. The Kier molecular flexibility index (Phi) is 9.00. The van der Waals surface area contributed by atoms with Crippen molar-refractivity contribution in [2.75, 3.05) is 13.2 Å². The van der Waals surface area contributed by atoms with E-state index in [0.29, 0.717) is 34.3 Å². The van der Waals surface area contributed by atoms with Crippen LogP contribution in [-0.4, -0.2) is 47.5 Å². The van der Waals surface area contributed by atoms with Crippen LogP contribution in [0, 0.1) is 3.57 Å². The van der Waals surface area contributed by atoms with Gasteiger partial charge in [0.2, 0.25) is 5.91 Å². The first-order valence-electron chi connectivity index (χ1n) is 9.75. The summed E-state index contributed by atoms with van der Waals surface area (Å²) in [6, 6.07) is 12.3. The molecule has 0 aromatic heterocycles. The SMILES string of the molecule is O=C(NCCO)C1=C[C@H](Oc2ccccc2I)[C@@H](O)[C@H](NCc2ccc(Cl)cc2Cl)C1. The number of benzene rings is 2. The Labute approximate surface area is 204 Å². The third-order valence-corrected chi connectivity index (χ3v) is 6.39. The van der Waals surface area contributed by atoms with Gasteiger partial charge >= 0.3 is 0 Å². The van der Waals surface area contributed by atoms with Crippen molar-refractivity contribution in [2.45, 2.75) is 31.2 Å². The lowest BCUT2D eigenvalue weighted by Crippen LogP contribution is -2.51. The second kappa shape index (κ2) is 11.5. The van der Waals surface area contributed by atoms with Crippen molar-refractivity contribution in [3.63, 3.8) is 0 Å². The smallest absolute Gasteiger partial charge is 0.247 e. The number of rotatable bonds is 8. The number of para-hydroxylation sites is 1. The molecule has 0 bridgehead atoms. The summed E-state index contributed by atoms with van der Waals surface area (Å²) in [5.41, 5.74) is 1.31. The zero-order chi connectivity index (χ0) is 22.4. The van der Waals surface area contributed by atoms with Crippen molar-refractivity contribution in [1.82, 2.24) is 10.6 Å². The van der Waals surface area contributed by atoms with Crippen LogP contribution in [0.1, 0.15) is 12.0 Å². The van der Waals surface area contributed by atoms with E-state index in [1.807, 2.05) is 30.3 Å². The molecule has 0 unspecified atom stereocenters. The van der Waals surface area contributed by atoms with Gasteiger partial charge in [-0.2, -0.15) is 0 Å². The van der Waals surface area contributed by atoms with Gasteiger partial charge in [0, 0.05) is 34.7 Å². The van der Waals surface area contributed by atoms with Crippen LogP contribution in [0.4, 0.5) is 0 Å². The molecule has 2 aromatic carbocycles. The molecule has 0 saturated carbocycles. The van der Waals surface area contributed by atoms with Crippen LogP contribution >= 0.6 is 45.8 Å². The molecule has 0 saturated heterocycles. The number of hydrogen-bond acceptors (Lipinski definition) is 5. The van der Waals surface area contributed by atoms with E-state index in [-0.39, 0.29) is 19.1 Å². The van der Waals surface area contributed by atoms with Crippen LogP contribution in [0.3, 0.4) is 0 Å². The van der Waals surface area contributed by atoms with Crippen LogP contribution in [0.25, 0.3) is 0 Å². The maximum Gasteiger partial charge on any atom is 0.247 e. The fourth-order valence-corrected chi connectivity index (χ4v) is 4.28. The van der Waals surface area contributed by atoms with Crippen LogP contribution in [-0.2, 0) is 11.3 Å². The molecule has 0 spiro atoms. The summed E-state index contributed by atoms with van der Waals surface area (Å²) in [4.78, 5) is 12.5. The van der Waals surface area contributed by atoms with E-state index in [2.05, 4.69) is 33.2 Å². The molecule has 0 heterocycles. The van der Waals surface area contributed by atoms with Crippen molar-refractivity contribution in [1.29, 1.82) is 0 Å². The highest BCUT2D eigenvalue weighted by atomic mass is 127. The van der Waals surface area contributed by atoms with Crippen molar-refractivity contribution in [3.8, 4) is 5.75 Å². The van der Waals surface area contributed by atoms with Crippen LogP contribution in [0.2, 0.25) is 10.0 Å². The molecule has 31 heavy (non-hydrogen) atoms. The number of aliphatic hydroxyl groups excluding tert-OH is 2. The van der Waals surface area contributed by atoms with Gasteiger partial charge in [0.1, 0.15) is 18.0 Å². The average Bonchev–Trinajstić information content (AvgIpc) is 2.75. The fraction of sp³-hybridized carbons (Fsp3) is 0.318. The predicted molar refractivity (Wildman–Crippen MR) is 129 cm³/mol. The van der Waals surface area contributed by atoms with Gasteiger partial charge in [-0.3, -0.25) is 4.79 Å². The number of halogens is 3.